The second-order valence-electron chi connectivity index (χ2n) is 4.73. The third kappa shape index (κ3) is 2.19. The van der Waals surface area contributed by atoms with Gasteiger partial charge in [0, 0.05) is 12.4 Å². The standard InChI is InChI=1S/C15H14ClNO2S/c16-11-12-5-7-14(8-6-12)20(18,19)17-10-9-13-3-1-2-4-15(13)17/h1-8H,9-11H2. The van der Waals surface area contributed by atoms with Crippen LogP contribution in [0.15, 0.2) is 53.4 Å². The number of rotatable bonds is 3. The Bertz CT molecular complexity index is 726. The van der Waals surface area contributed by atoms with Crippen molar-refractivity contribution in [1.29, 1.82) is 0 Å². The Labute approximate surface area is 123 Å². The molecule has 2 aromatic carbocycles. The summed E-state index contributed by atoms with van der Waals surface area (Å²) in [5.41, 5.74) is 2.77. The fourth-order valence-corrected chi connectivity index (χ4v) is 4.12. The second-order valence-corrected chi connectivity index (χ2v) is 6.86. The first-order chi connectivity index (χ1) is 9.63. The van der Waals surface area contributed by atoms with Crippen molar-refractivity contribution in [3.8, 4) is 0 Å². The molecule has 0 aromatic heterocycles. The van der Waals surface area contributed by atoms with E-state index in [4.69, 9.17) is 11.6 Å². The largest absolute Gasteiger partial charge is 0.266 e. The van der Waals surface area contributed by atoms with Crippen LogP contribution in [0, 0.1) is 0 Å². The lowest BCUT2D eigenvalue weighted by molar-refractivity contribution is 0.592. The molecule has 0 saturated heterocycles. The Morgan fingerprint density at radius 3 is 2.45 bits per heavy atom. The first-order valence-corrected chi connectivity index (χ1v) is 8.36. The summed E-state index contributed by atoms with van der Waals surface area (Å²) in [6.45, 7) is 0.499. The topological polar surface area (TPSA) is 37.4 Å². The Morgan fingerprint density at radius 1 is 1.05 bits per heavy atom. The molecule has 0 saturated carbocycles. The summed E-state index contributed by atoms with van der Waals surface area (Å²) in [7, 11) is -3.49. The number of hydrogen-bond acceptors (Lipinski definition) is 2. The van der Waals surface area contributed by atoms with E-state index in [1.807, 2.05) is 24.3 Å². The van der Waals surface area contributed by atoms with Crippen LogP contribution in [0.3, 0.4) is 0 Å². The summed E-state index contributed by atoms with van der Waals surface area (Å²) in [5.74, 6) is 0.382. The van der Waals surface area contributed by atoms with E-state index in [-0.39, 0.29) is 0 Å². The van der Waals surface area contributed by atoms with Crippen molar-refractivity contribution in [1.82, 2.24) is 0 Å². The maximum absolute atomic E-state index is 12.7. The number of hydrogen-bond donors (Lipinski definition) is 0. The van der Waals surface area contributed by atoms with Crippen molar-refractivity contribution < 1.29 is 8.42 Å². The SMILES string of the molecule is O=S(=O)(c1ccc(CCl)cc1)N1CCc2ccccc21. The zero-order valence-electron chi connectivity index (χ0n) is 10.8. The molecule has 5 heteroatoms. The average Bonchev–Trinajstić information content (AvgIpc) is 2.92. The molecule has 0 fully saturated rings. The predicted octanol–water partition coefficient (Wildman–Crippen LogP) is 3.18. The molecule has 2 aromatic rings. The molecular weight excluding hydrogens is 294 g/mol. The Morgan fingerprint density at radius 2 is 1.75 bits per heavy atom. The summed E-state index contributed by atoms with van der Waals surface area (Å²) in [4.78, 5) is 0.308. The van der Waals surface area contributed by atoms with Crippen LogP contribution >= 0.6 is 11.6 Å². The molecule has 0 amide bonds. The third-order valence-electron chi connectivity index (χ3n) is 3.51. The zero-order valence-corrected chi connectivity index (χ0v) is 12.4. The molecule has 0 radical (unpaired) electrons. The number of sulfonamides is 1. The van der Waals surface area contributed by atoms with E-state index in [2.05, 4.69) is 0 Å². The van der Waals surface area contributed by atoms with E-state index in [0.717, 1.165) is 23.2 Å². The van der Waals surface area contributed by atoms with Gasteiger partial charge >= 0.3 is 0 Å². The van der Waals surface area contributed by atoms with E-state index >= 15 is 0 Å². The lowest BCUT2D eigenvalue weighted by atomic mass is 10.2. The summed E-state index contributed by atoms with van der Waals surface area (Å²) < 4.78 is 26.9. The second kappa shape index (κ2) is 5.11. The van der Waals surface area contributed by atoms with Gasteiger partial charge in [-0.2, -0.15) is 0 Å². The number of para-hydroxylation sites is 1. The smallest absolute Gasteiger partial charge is 0.264 e. The van der Waals surface area contributed by atoms with Gasteiger partial charge in [-0.1, -0.05) is 30.3 Å². The van der Waals surface area contributed by atoms with E-state index in [1.165, 1.54) is 4.31 Å². The van der Waals surface area contributed by atoms with Crippen molar-refractivity contribution in [3.05, 3.63) is 59.7 Å². The number of anilines is 1. The van der Waals surface area contributed by atoms with Gasteiger partial charge in [-0.05, 0) is 35.7 Å². The number of benzene rings is 2. The minimum Gasteiger partial charge on any atom is -0.266 e. The highest BCUT2D eigenvalue weighted by molar-refractivity contribution is 7.92. The van der Waals surface area contributed by atoms with Crippen LogP contribution < -0.4 is 4.31 Å². The van der Waals surface area contributed by atoms with Crippen LogP contribution in [0.2, 0.25) is 0 Å². The van der Waals surface area contributed by atoms with Crippen molar-refractivity contribution in [2.75, 3.05) is 10.8 Å². The molecule has 0 unspecified atom stereocenters. The molecule has 0 N–H and O–H groups in total. The Hall–Kier alpha value is -1.52. The molecule has 0 aliphatic carbocycles. The number of halogens is 1. The minimum absolute atomic E-state index is 0.308. The molecular formula is C15H14ClNO2S. The van der Waals surface area contributed by atoms with Gasteiger partial charge in [0.05, 0.1) is 10.6 Å². The van der Waals surface area contributed by atoms with E-state index in [1.54, 1.807) is 24.3 Å². The molecule has 20 heavy (non-hydrogen) atoms. The van der Waals surface area contributed by atoms with Crippen LogP contribution in [0.1, 0.15) is 11.1 Å². The van der Waals surface area contributed by atoms with Crippen molar-refractivity contribution >= 4 is 27.3 Å². The van der Waals surface area contributed by atoms with Gasteiger partial charge in [0.1, 0.15) is 0 Å². The first-order valence-electron chi connectivity index (χ1n) is 6.38. The quantitative estimate of drug-likeness (QED) is 0.817. The predicted molar refractivity (Wildman–Crippen MR) is 80.7 cm³/mol. The highest BCUT2D eigenvalue weighted by Crippen LogP contribution is 2.32. The van der Waals surface area contributed by atoms with E-state index < -0.39 is 10.0 Å². The van der Waals surface area contributed by atoms with Crippen LogP contribution in [0.25, 0.3) is 0 Å². The summed E-state index contributed by atoms with van der Waals surface area (Å²) in [6, 6.07) is 14.4. The number of alkyl halides is 1. The maximum atomic E-state index is 12.7. The molecule has 104 valence electrons. The van der Waals surface area contributed by atoms with Gasteiger partial charge in [0.25, 0.3) is 10.0 Å². The van der Waals surface area contributed by atoms with Crippen molar-refractivity contribution in [2.24, 2.45) is 0 Å². The van der Waals surface area contributed by atoms with Gasteiger partial charge in [0.2, 0.25) is 0 Å². The third-order valence-corrected chi connectivity index (χ3v) is 5.65. The van der Waals surface area contributed by atoms with Gasteiger partial charge in [-0.3, -0.25) is 4.31 Å². The molecule has 3 nitrogen and oxygen atoms in total. The van der Waals surface area contributed by atoms with Crippen LogP contribution in [0.4, 0.5) is 5.69 Å². The lowest BCUT2D eigenvalue weighted by Crippen LogP contribution is -2.29. The molecule has 0 atom stereocenters. The number of nitrogens with zero attached hydrogens (tertiary/aromatic N) is 1. The molecule has 1 aliphatic heterocycles. The average molecular weight is 308 g/mol. The van der Waals surface area contributed by atoms with Crippen LogP contribution in [-0.4, -0.2) is 15.0 Å². The molecule has 1 heterocycles. The van der Waals surface area contributed by atoms with Gasteiger partial charge in [-0.25, -0.2) is 8.42 Å². The van der Waals surface area contributed by atoms with Crippen LogP contribution in [0.5, 0.6) is 0 Å². The van der Waals surface area contributed by atoms with Crippen LogP contribution in [-0.2, 0) is 22.3 Å². The minimum atomic E-state index is -3.49. The van der Waals surface area contributed by atoms with Crippen molar-refractivity contribution in [3.63, 3.8) is 0 Å². The lowest BCUT2D eigenvalue weighted by Gasteiger charge is -2.19. The summed E-state index contributed by atoms with van der Waals surface area (Å²) in [5, 5.41) is 0. The highest BCUT2D eigenvalue weighted by atomic mass is 35.5. The molecule has 3 rings (SSSR count). The fourth-order valence-electron chi connectivity index (χ4n) is 2.44. The highest BCUT2D eigenvalue weighted by Gasteiger charge is 2.30. The fraction of sp³-hybridized carbons (Fsp3) is 0.200. The maximum Gasteiger partial charge on any atom is 0.264 e. The van der Waals surface area contributed by atoms with E-state index in [0.29, 0.717) is 17.3 Å². The normalized spacial score (nSPS) is 14.3. The first kappa shape index (κ1) is 13.5. The molecule has 0 bridgehead atoms. The Balaban J connectivity index is 2.00. The molecule has 1 aliphatic rings. The summed E-state index contributed by atoms with van der Waals surface area (Å²) >= 11 is 5.73. The van der Waals surface area contributed by atoms with Gasteiger partial charge in [0.15, 0.2) is 0 Å². The monoisotopic (exact) mass is 307 g/mol. The van der Waals surface area contributed by atoms with E-state index in [9.17, 15) is 8.42 Å². The van der Waals surface area contributed by atoms with Gasteiger partial charge in [-0.15, -0.1) is 11.6 Å². The summed E-state index contributed by atoms with van der Waals surface area (Å²) in [6.07, 6.45) is 0.759. The number of fused-ring (bicyclic) bond motifs is 1. The zero-order chi connectivity index (χ0) is 14.2. The molecule has 0 spiro atoms. The van der Waals surface area contributed by atoms with Gasteiger partial charge < -0.3 is 0 Å². The van der Waals surface area contributed by atoms with Crippen molar-refractivity contribution in [2.45, 2.75) is 17.2 Å². The Kier molecular flexibility index (Phi) is 3.44.